The summed E-state index contributed by atoms with van der Waals surface area (Å²) < 4.78 is 6.01. The van der Waals surface area contributed by atoms with Crippen LogP contribution in [0.15, 0.2) is 66.7 Å². The summed E-state index contributed by atoms with van der Waals surface area (Å²) in [6.07, 6.45) is 4.72. The molecule has 7 heteroatoms. The summed E-state index contributed by atoms with van der Waals surface area (Å²) in [4.78, 5) is 23.2. The van der Waals surface area contributed by atoms with Crippen LogP contribution in [0.2, 0.25) is 10.0 Å². The van der Waals surface area contributed by atoms with E-state index in [0.717, 1.165) is 23.7 Å². The van der Waals surface area contributed by atoms with Gasteiger partial charge in [0.1, 0.15) is 12.4 Å². The van der Waals surface area contributed by atoms with Crippen LogP contribution < -0.4 is 10.1 Å². The topological polar surface area (TPSA) is 75.6 Å². The fourth-order valence-electron chi connectivity index (χ4n) is 6.15. The molecule has 0 aromatic heterocycles. The van der Waals surface area contributed by atoms with E-state index in [9.17, 15) is 9.59 Å². The van der Waals surface area contributed by atoms with Crippen molar-refractivity contribution in [1.82, 2.24) is 5.32 Å². The Morgan fingerprint density at radius 1 is 0.946 bits per heavy atom. The van der Waals surface area contributed by atoms with E-state index in [2.05, 4.69) is 29.6 Å². The third-order valence-corrected chi connectivity index (χ3v) is 8.63. The van der Waals surface area contributed by atoms with Gasteiger partial charge >= 0.3 is 5.97 Å². The van der Waals surface area contributed by atoms with E-state index in [1.54, 1.807) is 6.07 Å². The van der Waals surface area contributed by atoms with Gasteiger partial charge in [0, 0.05) is 17.5 Å². The van der Waals surface area contributed by atoms with Crippen molar-refractivity contribution >= 4 is 35.1 Å². The van der Waals surface area contributed by atoms with Crippen LogP contribution in [0.5, 0.6) is 5.75 Å². The summed E-state index contributed by atoms with van der Waals surface area (Å²) in [5, 5.41) is 12.5. The molecule has 37 heavy (non-hydrogen) atoms. The largest absolute Gasteiger partial charge is 0.489 e. The number of rotatable bonds is 9. The van der Waals surface area contributed by atoms with Crippen molar-refractivity contribution in [3.05, 3.63) is 99.0 Å². The number of fused-ring (bicyclic) bond motifs is 2. The molecule has 0 aliphatic heterocycles. The van der Waals surface area contributed by atoms with Gasteiger partial charge in [-0.1, -0.05) is 60.0 Å². The molecule has 3 aromatic carbocycles. The molecule has 5 rings (SSSR count). The van der Waals surface area contributed by atoms with Gasteiger partial charge in [-0.25, -0.2) is 0 Å². The molecular formula is C30H29Cl2NO4. The molecule has 2 aliphatic carbocycles. The molecular weight excluding hydrogens is 509 g/mol. The second-order valence-electron chi connectivity index (χ2n) is 10.1. The highest BCUT2D eigenvalue weighted by Crippen LogP contribution is 2.60. The fourth-order valence-corrected chi connectivity index (χ4v) is 6.47. The maximum atomic E-state index is 12.4. The number of hydrogen-bond acceptors (Lipinski definition) is 3. The van der Waals surface area contributed by atoms with Gasteiger partial charge in [-0.2, -0.15) is 0 Å². The van der Waals surface area contributed by atoms with E-state index in [4.69, 9.17) is 33.0 Å². The van der Waals surface area contributed by atoms with E-state index in [1.165, 1.54) is 30.4 Å². The van der Waals surface area contributed by atoms with Crippen molar-refractivity contribution in [3.8, 4) is 5.75 Å². The van der Waals surface area contributed by atoms with Gasteiger partial charge in [-0.3, -0.25) is 9.59 Å². The van der Waals surface area contributed by atoms with Crippen LogP contribution in [0.3, 0.4) is 0 Å². The molecule has 0 saturated heterocycles. The number of benzene rings is 3. The van der Waals surface area contributed by atoms with Crippen LogP contribution in [0, 0.1) is 11.8 Å². The molecule has 3 aromatic rings. The zero-order chi connectivity index (χ0) is 26.0. The molecule has 192 valence electrons. The Hall–Kier alpha value is -3.02. The highest BCUT2D eigenvalue weighted by Gasteiger charge is 2.52. The molecule has 2 N–H and O–H groups in total. The maximum Gasteiger partial charge on any atom is 0.305 e. The molecule has 1 amide bonds. The lowest BCUT2D eigenvalue weighted by molar-refractivity contribution is -0.136. The van der Waals surface area contributed by atoms with Crippen molar-refractivity contribution < 1.29 is 19.4 Å². The molecule has 3 unspecified atom stereocenters. The Bertz CT molecular complexity index is 1290. The Kier molecular flexibility index (Phi) is 7.45. The first kappa shape index (κ1) is 25.6. The van der Waals surface area contributed by atoms with E-state index < -0.39 is 5.97 Å². The van der Waals surface area contributed by atoms with E-state index in [0.29, 0.717) is 28.1 Å². The minimum absolute atomic E-state index is 0.0799. The Morgan fingerprint density at radius 3 is 2.24 bits per heavy atom. The zero-order valence-corrected chi connectivity index (χ0v) is 21.9. The van der Waals surface area contributed by atoms with Crippen LogP contribution in [-0.4, -0.2) is 23.5 Å². The minimum atomic E-state index is -0.931. The van der Waals surface area contributed by atoms with Crippen LogP contribution in [-0.2, 0) is 16.8 Å². The van der Waals surface area contributed by atoms with E-state index >= 15 is 0 Å². The second-order valence-corrected chi connectivity index (χ2v) is 10.9. The summed E-state index contributed by atoms with van der Waals surface area (Å²) in [7, 11) is 0. The van der Waals surface area contributed by atoms with Gasteiger partial charge in [-0.05, 0) is 84.2 Å². The quantitative estimate of drug-likeness (QED) is 0.311. The zero-order valence-electron chi connectivity index (χ0n) is 20.4. The van der Waals surface area contributed by atoms with Gasteiger partial charge in [0.05, 0.1) is 16.5 Å². The first-order chi connectivity index (χ1) is 17.8. The summed E-state index contributed by atoms with van der Waals surface area (Å²) in [6, 6.07) is 21.8. The smallest absolute Gasteiger partial charge is 0.305 e. The number of carboxylic acids is 1. The van der Waals surface area contributed by atoms with Crippen molar-refractivity contribution in [2.75, 3.05) is 6.54 Å². The third-order valence-electron chi connectivity index (χ3n) is 7.89. The van der Waals surface area contributed by atoms with Crippen LogP contribution in [0.25, 0.3) is 0 Å². The molecule has 2 bridgehead atoms. The van der Waals surface area contributed by atoms with Gasteiger partial charge < -0.3 is 15.2 Å². The maximum absolute atomic E-state index is 12.4. The number of halogens is 2. The van der Waals surface area contributed by atoms with Gasteiger partial charge in [-0.15, -0.1) is 0 Å². The lowest BCUT2D eigenvalue weighted by atomic mass is 9.64. The second kappa shape index (κ2) is 10.8. The number of amides is 1. The Balaban J connectivity index is 1.34. The lowest BCUT2D eigenvalue weighted by Gasteiger charge is -2.39. The Morgan fingerprint density at radius 2 is 1.65 bits per heavy atom. The third kappa shape index (κ3) is 5.34. The number of aliphatic carboxylic acids is 1. The van der Waals surface area contributed by atoms with Crippen molar-refractivity contribution in [3.63, 3.8) is 0 Å². The first-order valence-corrected chi connectivity index (χ1v) is 13.4. The molecule has 2 saturated carbocycles. The normalized spacial score (nSPS) is 22.1. The molecule has 2 fully saturated rings. The summed E-state index contributed by atoms with van der Waals surface area (Å²) in [5.41, 5.74) is 3.92. The minimum Gasteiger partial charge on any atom is -0.489 e. The Labute approximate surface area is 226 Å². The number of carbonyl (C=O) groups excluding carboxylic acids is 1. The molecule has 0 radical (unpaired) electrons. The van der Waals surface area contributed by atoms with Crippen LogP contribution in [0.1, 0.15) is 59.2 Å². The average molecular weight is 538 g/mol. The predicted octanol–water partition coefficient (Wildman–Crippen LogP) is 6.88. The van der Waals surface area contributed by atoms with Gasteiger partial charge in [0.25, 0.3) is 5.91 Å². The highest BCUT2D eigenvalue weighted by atomic mass is 35.5. The molecule has 0 spiro atoms. The molecule has 2 aliphatic rings. The lowest BCUT2D eigenvalue weighted by Crippen LogP contribution is -2.34. The van der Waals surface area contributed by atoms with Gasteiger partial charge in [0.15, 0.2) is 0 Å². The number of nitrogens with one attached hydrogen (secondary N) is 1. The van der Waals surface area contributed by atoms with E-state index in [-0.39, 0.29) is 24.3 Å². The van der Waals surface area contributed by atoms with Crippen LogP contribution >= 0.6 is 23.2 Å². The van der Waals surface area contributed by atoms with E-state index in [1.807, 2.05) is 36.4 Å². The van der Waals surface area contributed by atoms with Crippen molar-refractivity contribution in [1.29, 1.82) is 0 Å². The van der Waals surface area contributed by atoms with Crippen LogP contribution in [0.4, 0.5) is 0 Å². The summed E-state index contributed by atoms with van der Waals surface area (Å²) in [5.74, 6) is 0.893. The summed E-state index contributed by atoms with van der Waals surface area (Å²) in [6.45, 7) is 0.519. The molecule has 3 atom stereocenters. The number of ether oxygens (including phenoxy) is 1. The summed E-state index contributed by atoms with van der Waals surface area (Å²) >= 11 is 12.1. The standard InChI is InChI=1S/C30H29Cl2NO4/c31-26-12-2-20(16-27(26)32)18-37-25-10-8-23(9-11-25)30(17-19-1-5-24(30)15-19)22-6-3-21(4-7-22)29(36)33-14-13-28(34)35/h2-4,6-12,16,19,24H,1,5,13-15,17-18H2,(H,33,36)(H,34,35). The number of carbonyl (C=O) groups is 2. The number of carboxylic acid groups (broad SMARTS) is 1. The first-order valence-electron chi connectivity index (χ1n) is 12.6. The number of hydrogen-bond donors (Lipinski definition) is 2. The predicted molar refractivity (Wildman–Crippen MR) is 144 cm³/mol. The van der Waals surface area contributed by atoms with Crippen molar-refractivity contribution in [2.45, 2.75) is 44.1 Å². The molecule has 0 heterocycles. The fraction of sp³-hybridized carbons (Fsp3) is 0.333. The molecule has 5 nitrogen and oxygen atoms in total. The van der Waals surface area contributed by atoms with Crippen molar-refractivity contribution in [2.24, 2.45) is 11.8 Å². The highest BCUT2D eigenvalue weighted by molar-refractivity contribution is 6.42. The average Bonchev–Trinajstić information content (AvgIpc) is 3.52. The van der Waals surface area contributed by atoms with Gasteiger partial charge in [0.2, 0.25) is 0 Å². The SMILES string of the molecule is O=C(O)CCNC(=O)c1ccc(C2(c3ccc(OCc4ccc(Cl)c(Cl)c4)cc3)CC3CCC2C3)cc1. The monoisotopic (exact) mass is 537 g/mol.